The van der Waals surface area contributed by atoms with Gasteiger partial charge in [-0.1, -0.05) is 79.9 Å². The van der Waals surface area contributed by atoms with Crippen molar-refractivity contribution < 1.29 is 42.2 Å². The molecule has 7 rings (SSSR count). The van der Waals surface area contributed by atoms with Gasteiger partial charge in [0, 0.05) is 49.6 Å². The number of aromatic nitrogens is 1. The fourth-order valence-corrected chi connectivity index (χ4v) is 10.2. The minimum absolute atomic E-state index is 0.0494. The van der Waals surface area contributed by atoms with Crippen LogP contribution < -0.4 is 36.2 Å². The minimum atomic E-state index is -1.22. The Bertz CT molecular complexity index is 2310. The number of carbonyl (C=O) groups excluding carboxylic acids is 5. The maximum Gasteiger partial charge on any atom is 0.257 e. The number of anilines is 1. The number of unbranched alkanes of at least 4 members (excludes halogenated alkanes) is 1. The first-order chi connectivity index (χ1) is 33.5. The van der Waals surface area contributed by atoms with Gasteiger partial charge in [-0.2, -0.15) is 4.39 Å². The molecule has 0 radical (unpaired) electrons. The third-order valence-corrected chi connectivity index (χ3v) is 14.2. The second-order valence-electron chi connectivity index (χ2n) is 17.9. The highest BCUT2D eigenvalue weighted by Crippen LogP contribution is 2.37. The minimum Gasteiger partial charge on any atom is -0.480 e. The number of thiazole rings is 1. The Morgan fingerprint density at radius 2 is 1.48 bits per heavy atom. The average molecular weight is 971 g/mol. The number of ether oxygens (including phenoxy) is 2. The summed E-state index contributed by atoms with van der Waals surface area (Å²) in [5.41, 5.74) is 2.24. The topological polar surface area (TPSA) is 183 Å². The maximum atomic E-state index is 15.1. The van der Waals surface area contributed by atoms with Crippen LogP contribution in [0.5, 0.6) is 5.75 Å². The van der Waals surface area contributed by atoms with E-state index in [9.17, 15) is 28.4 Å². The average Bonchev–Trinajstić information content (AvgIpc) is 4.09. The van der Waals surface area contributed by atoms with E-state index >= 15 is 4.39 Å². The van der Waals surface area contributed by atoms with Crippen molar-refractivity contribution in [1.29, 1.82) is 0 Å². The fraction of sp³-hybridized carbons (Fsp3) is 0.490. The molecule has 3 heterocycles. The third kappa shape index (κ3) is 13.2. The molecule has 2 aliphatic heterocycles. The summed E-state index contributed by atoms with van der Waals surface area (Å²) in [6, 6.07) is 18.1. The first-order valence-corrected chi connectivity index (χ1v) is 25.0. The lowest BCUT2D eigenvalue weighted by atomic mass is 9.83. The number of nitrogens with zero attached hydrogens (tertiary/aromatic N) is 3. The van der Waals surface area contributed by atoms with Crippen molar-refractivity contribution >= 4 is 46.0 Å². The molecule has 0 bridgehead atoms. The summed E-state index contributed by atoms with van der Waals surface area (Å²) in [7, 11) is 1.69. The van der Waals surface area contributed by atoms with Crippen molar-refractivity contribution in [3.63, 3.8) is 0 Å². The van der Waals surface area contributed by atoms with Crippen LogP contribution in [0.15, 0.2) is 78.2 Å². The number of benzene rings is 3. The van der Waals surface area contributed by atoms with E-state index in [1.807, 2.05) is 60.7 Å². The molecule has 5 amide bonds. The normalized spacial score (nSPS) is 17.7. The number of rotatable bonds is 21. The van der Waals surface area contributed by atoms with Gasteiger partial charge in [-0.3, -0.25) is 24.0 Å². The Morgan fingerprint density at radius 1 is 0.812 bits per heavy atom. The van der Waals surface area contributed by atoms with Crippen LogP contribution in [0, 0.1) is 17.6 Å². The first-order valence-electron chi connectivity index (χ1n) is 24.2. The monoisotopic (exact) mass is 970 g/mol. The molecule has 15 nitrogen and oxygen atoms in total. The molecule has 3 aromatic carbocycles. The number of likely N-dealkylation sites (tertiary alicyclic amines) is 1. The van der Waals surface area contributed by atoms with Gasteiger partial charge in [-0.25, -0.2) is 9.37 Å². The molecule has 1 aromatic heterocycles. The molecule has 1 aliphatic carbocycles. The van der Waals surface area contributed by atoms with Crippen molar-refractivity contribution in [1.82, 2.24) is 36.5 Å². The first kappa shape index (κ1) is 50.9. The zero-order valence-electron chi connectivity index (χ0n) is 39.4. The Hall–Kier alpha value is -5.98. The quantitative estimate of drug-likeness (QED) is 0.0688. The van der Waals surface area contributed by atoms with E-state index in [0.29, 0.717) is 64.2 Å². The van der Waals surface area contributed by atoms with E-state index in [0.717, 1.165) is 54.4 Å². The van der Waals surface area contributed by atoms with Gasteiger partial charge >= 0.3 is 0 Å². The number of hydrogen-bond donors (Lipinski definition) is 5. The molecule has 18 heteroatoms. The van der Waals surface area contributed by atoms with Crippen LogP contribution in [0.2, 0.25) is 0 Å². The van der Waals surface area contributed by atoms with Crippen LogP contribution in [-0.4, -0.2) is 123 Å². The van der Waals surface area contributed by atoms with Crippen molar-refractivity contribution in [3.05, 3.63) is 101 Å². The van der Waals surface area contributed by atoms with E-state index in [-0.39, 0.29) is 36.4 Å². The molecule has 0 spiro atoms. The van der Waals surface area contributed by atoms with Gasteiger partial charge in [0.05, 0.1) is 24.9 Å². The predicted molar refractivity (Wildman–Crippen MR) is 260 cm³/mol. The Kier molecular flexibility index (Phi) is 18.5. The van der Waals surface area contributed by atoms with E-state index in [4.69, 9.17) is 9.47 Å². The number of morpholine rings is 1. The van der Waals surface area contributed by atoms with Gasteiger partial charge < -0.3 is 45.9 Å². The molecule has 2 saturated heterocycles. The van der Waals surface area contributed by atoms with Crippen molar-refractivity contribution in [2.75, 3.05) is 64.5 Å². The standard InChI is InChI=1S/C51H64F2N8O7S/c1-33(54-2)47(63)58-44(36-19-10-5-11-20-36)50(66)61-26-14-21-40(61)48(64)59-45(42(34-15-6-3-7-16-34)35-17-8-4-9-18-35)49(65)56-25-13-12-24-55-41(62)31-68-46-37(22-23-38(52)43(46)53)39-32-69-51(57-39)60-27-29-67-30-28-60/h3-4,6-9,15-18,22-23,32-33,36,40,42,44-45,54H,5,10-14,19-21,24-31H2,1-2H3,(H,55,62)(H,56,65)(H,58,63)(H,59,64)/t33-,40-,44-,45?/m0/s1. The summed E-state index contributed by atoms with van der Waals surface area (Å²) < 4.78 is 40.5. The summed E-state index contributed by atoms with van der Waals surface area (Å²) in [6.45, 7) is 4.40. The largest absolute Gasteiger partial charge is 0.480 e. The summed E-state index contributed by atoms with van der Waals surface area (Å²) in [5, 5.41) is 17.3. The molecule has 1 saturated carbocycles. The zero-order valence-corrected chi connectivity index (χ0v) is 40.2. The maximum absolute atomic E-state index is 15.1. The predicted octanol–water partition coefficient (Wildman–Crippen LogP) is 5.30. The van der Waals surface area contributed by atoms with Crippen molar-refractivity contribution in [3.8, 4) is 17.0 Å². The lowest BCUT2D eigenvalue weighted by Gasteiger charge is -2.36. The van der Waals surface area contributed by atoms with Gasteiger partial charge in [0.1, 0.15) is 18.1 Å². The van der Waals surface area contributed by atoms with E-state index in [1.165, 1.54) is 17.4 Å². The molecule has 5 N–H and O–H groups in total. The van der Waals surface area contributed by atoms with Crippen LogP contribution in [0.1, 0.15) is 81.8 Å². The van der Waals surface area contributed by atoms with E-state index in [1.54, 1.807) is 24.3 Å². The highest BCUT2D eigenvalue weighted by molar-refractivity contribution is 7.14. The fourth-order valence-electron chi connectivity index (χ4n) is 9.34. The molecule has 1 unspecified atom stereocenters. The Morgan fingerprint density at radius 3 is 2.14 bits per heavy atom. The number of hydrogen-bond acceptors (Lipinski definition) is 11. The number of amides is 5. The van der Waals surface area contributed by atoms with Crippen molar-refractivity contribution in [2.45, 2.75) is 94.8 Å². The number of halogens is 2. The number of nitrogens with one attached hydrogen (secondary N) is 5. The number of likely N-dealkylation sites (N-methyl/N-ethyl adjacent to an activating group) is 1. The zero-order chi connectivity index (χ0) is 48.7. The van der Waals surface area contributed by atoms with Gasteiger partial charge in [0.25, 0.3) is 5.91 Å². The molecule has 4 atom stereocenters. The molecule has 3 aliphatic rings. The van der Waals surface area contributed by atoms with Crippen LogP contribution in [0.3, 0.4) is 0 Å². The lowest BCUT2D eigenvalue weighted by Crippen LogP contribution is -2.59. The molecule has 3 fully saturated rings. The van der Waals surface area contributed by atoms with Gasteiger partial charge in [-0.15, -0.1) is 11.3 Å². The van der Waals surface area contributed by atoms with Crippen LogP contribution in [0.4, 0.5) is 13.9 Å². The molecule has 370 valence electrons. The Balaban J connectivity index is 0.978. The van der Waals surface area contributed by atoms with Crippen molar-refractivity contribution in [2.24, 2.45) is 5.92 Å². The van der Waals surface area contributed by atoms with Crippen LogP contribution in [-0.2, 0) is 28.7 Å². The molecular formula is C51H64F2N8O7S. The van der Waals surface area contributed by atoms with E-state index in [2.05, 4.69) is 36.5 Å². The van der Waals surface area contributed by atoms with Gasteiger partial charge in [0.15, 0.2) is 23.3 Å². The summed E-state index contributed by atoms with van der Waals surface area (Å²) >= 11 is 1.37. The second-order valence-corrected chi connectivity index (χ2v) is 18.7. The van der Waals surface area contributed by atoms with Gasteiger partial charge in [0.2, 0.25) is 29.4 Å². The SMILES string of the molecule is CN[C@@H](C)C(=O)N[C@H](C(=O)N1CCC[C@H]1C(=O)NC(C(=O)NCCCCNC(=O)COc1c(-c2csc(N3CCOCC3)n2)ccc(F)c1F)C(c1ccccc1)c1ccccc1)C1CCCCC1. The highest BCUT2D eigenvalue weighted by atomic mass is 32.1. The summed E-state index contributed by atoms with van der Waals surface area (Å²) in [4.78, 5) is 77.8. The smallest absolute Gasteiger partial charge is 0.257 e. The lowest BCUT2D eigenvalue weighted by molar-refractivity contribution is -0.143. The summed E-state index contributed by atoms with van der Waals surface area (Å²) in [5.74, 6) is -5.35. The van der Waals surface area contributed by atoms with E-state index < -0.39 is 71.8 Å². The van der Waals surface area contributed by atoms with Crippen LogP contribution in [0.25, 0.3) is 11.3 Å². The second kappa shape index (κ2) is 25.0. The third-order valence-electron chi connectivity index (χ3n) is 13.3. The van der Waals surface area contributed by atoms with Crippen LogP contribution >= 0.6 is 11.3 Å². The van der Waals surface area contributed by atoms with Gasteiger partial charge in [-0.05, 0) is 81.7 Å². The molecule has 69 heavy (non-hydrogen) atoms. The molecular weight excluding hydrogens is 907 g/mol. The Labute approximate surface area is 406 Å². The number of carbonyl (C=O) groups is 5. The molecule has 4 aromatic rings. The summed E-state index contributed by atoms with van der Waals surface area (Å²) in [6.07, 6.45) is 6.51. The highest BCUT2D eigenvalue weighted by Gasteiger charge is 2.43.